The number of hydrogen-bond acceptors (Lipinski definition) is 0. The molecule has 0 saturated heterocycles. The molecule has 96 valence electrons. The van der Waals surface area contributed by atoms with Gasteiger partial charge in [0.15, 0.2) is 0 Å². The highest BCUT2D eigenvalue weighted by atomic mass is 14.1. The van der Waals surface area contributed by atoms with Crippen molar-refractivity contribution in [2.24, 2.45) is 5.92 Å². The fourth-order valence-electron chi connectivity index (χ4n) is 1.92. The van der Waals surface area contributed by atoms with E-state index in [0.29, 0.717) is 5.92 Å². The van der Waals surface area contributed by atoms with E-state index in [4.69, 9.17) is 0 Å². The Kier molecular flexibility index (Phi) is 5.74. The molecule has 0 N–H and O–H groups in total. The van der Waals surface area contributed by atoms with Crippen LogP contribution in [0.2, 0.25) is 0 Å². The molecule has 1 unspecified atom stereocenters. The lowest BCUT2D eigenvalue weighted by atomic mass is 9.88. The average molecular weight is 232 g/mol. The summed E-state index contributed by atoms with van der Waals surface area (Å²) >= 11 is 0. The van der Waals surface area contributed by atoms with Gasteiger partial charge >= 0.3 is 0 Å². The van der Waals surface area contributed by atoms with Gasteiger partial charge in [0.2, 0.25) is 0 Å². The summed E-state index contributed by atoms with van der Waals surface area (Å²) in [5.74, 6) is 1.76. The van der Waals surface area contributed by atoms with Crippen LogP contribution in [-0.2, 0) is 0 Å². The topological polar surface area (TPSA) is 0 Å². The summed E-state index contributed by atoms with van der Waals surface area (Å²) < 4.78 is 0. The summed E-state index contributed by atoms with van der Waals surface area (Å²) in [5, 5.41) is 0. The maximum atomic E-state index is 2.31. The molecule has 1 atom stereocenters. The Morgan fingerprint density at radius 2 is 1.76 bits per heavy atom. The van der Waals surface area contributed by atoms with E-state index in [2.05, 4.69) is 52.8 Å². The summed E-state index contributed by atoms with van der Waals surface area (Å²) in [4.78, 5) is 0. The van der Waals surface area contributed by atoms with Crippen molar-refractivity contribution in [2.45, 2.75) is 66.2 Å². The van der Waals surface area contributed by atoms with Gasteiger partial charge in [0.05, 0.1) is 0 Å². The molecule has 1 aromatic rings. The normalized spacial score (nSPS) is 16.8. The van der Waals surface area contributed by atoms with Crippen molar-refractivity contribution in [2.75, 3.05) is 0 Å². The van der Waals surface area contributed by atoms with E-state index < -0.39 is 0 Å². The number of aryl methyl sites for hydroxylation is 2. The van der Waals surface area contributed by atoms with Crippen LogP contribution in [0.15, 0.2) is 18.2 Å². The smallest absolute Gasteiger partial charge is 0.0193 e. The monoisotopic (exact) mass is 232 g/mol. The molecule has 0 radical (unpaired) electrons. The lowest BCUT2D eigenvalue weighted by molar-refractivity contribution is 0.346. The molecular formula is C17H28. The molecule has 1 aliphatic carbocycles. The van der Waals surface area contributed by atoms with Crippen LogP contribution in [0, 0.1) is 19.8 Å². The zero-order valence-corrected chi connectivity index (χ0v) is 12.2. The van der Waals surface area contributed by atoms with Crippen molar-refractivity contribution in [3.05, 3.63) is 34.9 Å². The van der Waals surface area contributed by atoms with Crippen LogP contribution in [0.25, 0.3) is 0 Å². The van der Waals surface area contributed by atoms with Gasteiger partial charge in [0.1, 0.15) is 0 Å². The third-order valence-corrected chi connectivity index (χ3v) is 4.11. The Hall–Kier alpha value is -0.780. The van der Waals surface area contributed by atoms with Crippen molar-refractivity contribution in [1.29, 1.82) is 0 Å². The summed E-state index contributed by atoms with van der Waals surface area (Å²) in [6.45, 7) is 11.2. The van der Waals surface area contributed by atoms with Crippen LogP contribution in [0.3, 0.4) is 0 Å². The maximum Gasteiger partial charge on any atom is -0.0193 e. The minimum atomic E-state index is 0.698. The number of hydrogen-bond donors (Lipinski definition) is 0. The summed E-state index contributed by atoms with van der Waals surface area (Å²) in [5.41, 5.74) is 4.27. The molecule has 0 amide bonds. The minimum absolute atomic E-state index is 0.698. The first-order chi connectivity index (χ1) is 8.04. The van der Waals surface area contributed by atoms with E-state index in [0.717, 1.165) is 5.92 Å². The molecule has 17 heavy (non-hydrogen) atoms. The fourth-order valence-corrected chi connectivity index (χ4v) is 1.92. The van der Waals surface area contributed by atoms with Crippen LogP contribution in [-0.4, -0.2) is 0 Å². The van der Waals surface area contributed by atoms with Gasteiger partial charge in [-0.2, -0.15) is 0 Å². The SMILES string of the molecule is CC1CCC1.CCC(C)c1ccc(C)c(C)c1. The largest absolute Gasteiger partial charge is 0.0648 e. The van der Waals surface area contributed by atoms with Gasteiger partial charge in [-0.05, 0) is 48.8 Å². The third-order valence-electron chi connectivity index (χ3n) is 4.11. The maximum absolute atomic E-state index is 2.31. The molecule has 1 saturated carbocycles. The first-order valence-electron chi connectivity index (χ1n) is 7.11. The molecule has 1 aromatic carbocycles. The summed E-state index contributed by atoms with van der Waals surface area (Å²) in [6, 6.07) is 6.77. The third kappa shape index (κ3) is 4.53. The van der Waals surface area contributed by atoms with Gasteiger partial charge in [0, 0.05) is 0 Å². The zero-order chi connectivity index (χ0) is 12.8. The van der Waals surface area contributed by atoms with E-state index in [-0.39, 0.29) is 0 Å². The molecule has 1 fully saturated rings. The Bertz CT molecular complexity index is 334. The predicted molar refractivity (Wildman–Crippen MR) is 77.6 cm³/mol. The Labute approximate surface area is 107 Å². The van der Waals surface area contributed by atoms with Crippen molar-refractivity contribution in [1.82, 2.24) is 0 Å². The van der Waals surface area contributed by atoms with Gasteiger partial charge in [-0.15, -0.1) is 0 Å². The second kappa shape index (κ2) is 6.83. The van der Waals surface area contributed by atoms with E-state index >= 15 is 0 Å². The van der Waals surface area contributed by atoms with E-state index in [1.165, 1.54) is 42.4 Å². The summed E-state index contributed by atoms with van der Waals surface area (Å²) in [7, 11) is 0. The second-order valence-corrected chi connectivity index (χ2v) is 5.69. The lowest BCUT2D eigenvalue weighted by Crippen LogP contribution is -2.04. The van der Waals surface area contributed by atoms with Gasteiger partial charge in [-0.25, -0.2) is 0 Å². The highest BCUT2D eigenvalue weighted by Gasteiger charge is 2.09. The average Bonchev–Trinajstić information content (AvgIpc) is 2.30. The highest BCUT2D eigenvalue weighted by molar-refractivity contribution is 5.31. The molecule has 0 aliphatic heterocycles. The van der Waals surface area contributed by atoms with Gasteiger partial charge < -0.3 is 0 Å². The fraction of sp³-hybridized carbons (Fsp3) is 0.647. The van der Waals surface area contributed by atoms with E-state index in [1.54, 1.807) is 0 Å². The van der Waals surface area contributed by atoms with Gasteiger partial charge in [0.25, 0.3) is 0 Å². The summed E-state index contributed by atoms with van der Waals surface area (Å²) in [6.07, 6.45) is 5.68. The minimum Gasteiger partial charge on any atom is -0.0648 e. The zero-order valence-electron chi connectivity index (χ0n) is 12.2. The molecule has 1 aliphatic rings. The van der Waals surface area contributed by atoms with Crippen molar-refractivity contribution >= 4 is 0 Å². The Balaban J connectivity index is 0.000000239. The molecular weight excluding hydrogens is 204 g/mol. The van der Waals surface area contributed by atoms with Crippen LogP contribution in [0.4, 0.5) is 0 Å². The standard InChI is InChI=1S/C12H18.C5H10/c1-5-9(2)12-7-6-10(3)11(4)8-12;1-5-3-2-4-5/h6-9H,5H2,1-4H3;5H,2-4H2,1H3. The van der Waals surface area contributed by atoms with Crippen LogP contribution >= 0.6 is 0 Å². The molecule has 0 aromatic heterocycles. The second-order valence-electron chi connectivity index (χ2n) is 5.69. The van der Waals surface area contributed by atoms with Crippen molar-refractivity contribution in [3.63, 3.8) is 0 Å². The van der Waals surface area contributed by atoms with Crippen molar-refractivity contribution < 1.29 is 0 Å². The first-order valence-corrected chi connectivity index (χ1v) is 7.11. The molecule has 0 nitrogen and oxygen atoms in total. The van der Waals surface area contributed by atoms with Crippen LogP contribution in [0.1, 0.15) is 69.1 Å². The van der Waals surface area contributed by atoms with Gasteiger partial charge in [-0.3, -0.25) is 0 Å². The molecule has 0 bridgehead atoms. The number of rotatable bonds is 2. The van der Waals surface area contributed by atoms with E-state index in [1.807, 2.05) is 0 Å². The first kappa shape index (κ1) is 14.3. The molecule has 2 rings (SSSR count). The van der Waals surface area contributed by atoms with Crippen molar-refractivity contribution in [3.8, 4) is 0 Å². The van der Waals surface area contributed by atoms with Crippen LogP contribution in [0.5, 0.6) is 0 Å². The Morgan fingerprint density at radius 3 is 2.12 bits per heavy atom. The lowest BCUT2D eigenvalue weighted by Gasteiger charge is -2.18. The molecule has 0 heteroatoms. The number of benzene rings is 1. The molecule has 0 spiro atoms. The quantitative estimate of drug-likeness (QED) is 0.620. The van der Waals surface area contributed by atoms with Gasteiger partial charge in [-0.1, -0.05) is 58.2 Å². The Morgan fingerprint density at radius 1 is 1.18 bits per heavy atom. The van der Waals surface area contributed by atoms with E-state index in [9.17, 15) is 0 Å². The predicted octanol–water partition coefficient (Wildman–Crippen LogP) is 5.62. The highest BCUT2D eigenvalue weighted by Crippen LogP contribution is 2.24. The molecule has 0 heterocycles. The van der Waals surface area contributed by atoms with Crippen LogP contribution < -0.4 is 0 Å².